The van der Waals surface area contributed by atoms with Crippen molar-refractivity contribution in [2.75, 3.05) is 7.11 Å². The lowest BCUT2D eigenvalue weighted by molar-refractivity contribution is 0.414. The number of rotatable bonds is 7. The smallest absolute Gasteiger partial charge is 0.240 e. The molecule has 26 heavy (non-hydrogen) atoms. The van der Waals surface area contributed by atoms with Gasteiger partial charge >= 0.3 is 0 Å². The first-order chi connectivity index (χ1) is 12.5. The van der Waals surface area contributed by atoms with E-state index < -0.39 is 10.0 Å². The highest BCUT2D eigenvalue weighted by Gasteiger charge is 2.15. The lowest BCUT2D eigenvalue weighted by atomic mass is 10.1. The van der Waals surface area contributed by atoms with Crippen molar-refractivity contribution >= 4 is 21.4 Å². The first-order valence-electron chi connectivity index (χ1n) is 7.78. The van der Waals surface area contributed by atoms with Gasteiger partial charge in [-0.2, -0.15) is 0 Å². The van der Waals surface area contributed by atoms with Gasteiger partial charge in [0.05, 0.1) is 18.6 Å². The molecule has 1 N–H and O–H groups in total. The van der Waals surface area contributed by atoms with Crippen LogP contribution in [0.1, 0.15) is 15.4 Å². The van der Waals surface area contributed by atoms with Crippen LogP contribution < -0.4 is 9.46 Å². The van der Waals surface area contributed by atoms with Gasteiger partial charge in [-0.1, -0.05) is 12.1 Å². The van der Waals surface area contributed by atoms with Crippen molar-refractivity contribution in [3.63, 3.8) is 0 Å². The van der Waals surface area contributed by atoms with Gasteiger partial charge in [-0.3, -0.25) is 0 Å². The minimum atomic E-state index is -3.62. The van der Waals surface area contributed by atoms with Gasteiger partial charge in [0, 0.05) is 17.5 Å². The summed E-state index contributed by atoms with van der Waals surface area (Å²) in [5, 5.41) is 0.666. The molecule has 0 unspecified atom stereocenters. The fourth-order valence-corrected chi connectivity index (χ4v) is 4.29. The Morgan fingerprint density at radius 3 is 2.46 bits per heavy atom. The molecule has 3 rings (SSSR count). The van der Waals surface area contributed by atoms with E-state index >= 15 is 0 Å². The van der Waals surface area contributed by atoms with E-state index in [9.17, 15) is 12.8 Å². The Labute approximate surface area is 155 Å². The van der Waals surface area contributed by atoms with E-state index in [1.807, 2.05) is 0 Å². The first-order valence-corrected chi connectivity index (χ1v) is 10.1. The highest BCUT2D eigenvalue weighted by Crippen LogP contribution is 2.19. The Hall–Kier alpha value is -2.29. The summed E-state index contributed by atoms with van der Waals surface area (Å²) >= 11 is 1.42. The van der Waals surface area contributed by atoms with Crippen LogP contribution in [0.15, 0.2) is 59.6 Å². The molecule has 0 radical (unpaired) electrons. The maximum absolute atomic E-state index is 12.9. The lowest BCUT2D eigenvalue weighted by Gasteiger charge is -2.06. The number of ether oxygens (including phenoxy) is 1. The predicted octanol–water partition coefficient (Wildman–Crippen LogP) is 3.36. The minimum absolute atomic E-state index is 0.114. The fourth-order valence-electron chi connectivity index (χ4n) is 2.31. The molecule has 0 aliphatic heterocycles. The molecule has 0 spiro atoms. The Balaban J connectivity index is 1.62. The summed E-state index contributed by atoms with van der Waals surface area (Å²) in [6, 6.07) is 12.5. The summed E-state index contributed by atoms with van der Waals surface area (Å²) in [5.74, 6) is 0.320. The van der Waals surface area contributed by atoms with Crippen molar-refractivity contribution in [1.29, 1.82) is 0 Å². The van der Waals surface area contributed by atoms with Crippen LogP contribution in [-0.4, -0.2) is 20.5 Å². The SMILES string of the molecule is COc1ccc(S(=O)(=O)NCc2ncc(Cc3ccc(F)cc3)s2)cc1. The molecule has 136 valence electrons. The molecule has 0 saturated heterocycles. The molecular weight excluding hydrogens is 375 g/mol. The van der Waals surface area contributed by atoms with Gasteiger partial charge < -0.3 is 4.74 Å². The van der Waals surface area contributed by atoms with Crippen molar-refractivity contribution in [1.82, 2.24) is 9.71 Å². The largest absolute Gasteiger partial charge is 0.497 e. The molecular formula is C18H17FN2O3S2. The minimum Gasteiger partial charge on any atom is -0.497 e. The van der Waals surface area contributed by atoms with Crippen LogP contribution in [0.5, 0.6) is 5.75 Å². The maximum Gasteiger partial charge on any atom is 0.240 e. The Morgan fingerprint density at radius 2 is 1.81 bits per heavy atom. The molecule has 0 atom stereocenters. The summed E-state index contributed by atoms with van der Waals surface area (Å²) in [5.41, 5.74) is 0.973. The Morgan fingerprint density at radius 1 is 1.12 bits per heavy atom. The molecule has 8 heteroatoms. The van der Waals surface area contributed by atoms with E-state index in [1.54, 1.807) is 30.5 Å². The Bertz CT molecular complexity index is 968. The lowest BCUT2D eigenvalue weighted by Crippen LogP contribution is -2.23. The van der Waals surface area contributed by atoms with E-state index in [0.29, 0.717) is 17.2 Å². The summed E-state index contributed by atoms with van der Waals surface area (Å²) < 4.78 is 45.2. The molecule has 1 aromatic heterocycles. The van der Waals surface area contributed by atoms with Crippen molar-refractivity contribution in [2.24, 2.45) is 0 Å². The number of nitrogens with zero attached hydrogens (tertiary/aromatic N) is 1. The van der Waals surface area contributed by atoms with Crippen molar-refractivity contribution in [3.8, 4) is 5.75 Å². The normalized spacial score (nSPS) is 11.5. The van der Waals surface area contributed by atoms with Crippen molar-refractivity contribution in [2.45, 2.75) is 17.9 Å². The summed E-state index contributed by atoms with van der Waals surface area (Å²) in [6.45, 7) is 0.114. The number of sulfonamides is 1. The Kier molecular flexibility index (Phi) is 5.65. The number of hydrogen-bond acceptors (Lipinski definition) is 5. The molecule has 2 aromatic carbocycles. The van der Waals surface area contributed by atoms with E-state index in [1.165, 1.54) is 42.7 Å². The zero-order chi connectivity index (χ0) is 18.6. The topological polar surface area (TPSA) is 68.3 Å². The summed E-state index contributed by atoms with van der Waals surface area (Å²) in [7, 11) is -2.10. The van der Waals surface area contributed by atoms with E-state index in [-0.39, 0.29) is 17.3 Å². The molecule has 0 fully saturated rings. The average Bonchev–Trinajstić information content (AvgIpc) is 3.09. The van der Waals surface area contributed by atoms with Gasteiger partial charge in [0.15, 0.2) is 0 Å². The van der Waals surface area contributed by atoms with Crippen LogP contribution in [0.3, 0.4) is 0 Å². The number of hydrogen-bond donors (Lipinski definition) is 1. The molecule has 0 aliphatic carbocycles. The second-order valence-corrected chi connectivity index (χ2v) is 8.49. The number of methoxy groups -OCH3 is 1. The number of thiazole rings is 1. The zero-order valence-corrected chi connectivity index (χ0v) is 15.6. The number of aromatic nitrogens is 1. The van der Waals surface area contributed by atoms with Gasteiger partial charge in [-0.05, 0) is 42.0 Å². The molecule has 3 aromatic rings. The summed E-state index contributed by atoms with van der Waals surface area (Å²) in [4.78, 5) is 5.40. The third kappa shape index (κ3) is 4.66. The average molecular weight is 392 g/mol. The third-order valence-electron chi connectivity index (χ3n) is 3.68. The number of benzene rings is 2. The van der Waals surface area contributed by atoms with Gasteiger partial charge in [0.25, 0.3) is 0 Å². The van der Waals surface area contributed by atoms with Crippen LogP contribution in [-0.2, 0) is 23.0 Å². The van der Waals surface area contributed by atoms with Gasteiger partial charge in [-0.15, -0.1) is 11.3 Å². The van der Waals surface area contributed by atoms with Gasteiger partial charge in [0.2, 0.25) is 10.0 Å². The van der Waals surface area contributed by atoms with Gasteiger partial charge in [-0.25, -0.2) is 22.5 Å². The van der Waals surface area contributed by atoms with E-state index in [4.69, 9.17) is 4.74 Å². The molecule has 5 nitrogen and oxygen atoms in total. The molecule has 0 bridgehead atoms. The fraction of sp³-hybridized carbons (Fsp3) is 0.167. The second kappa shape index (κ2) is 7.94. The van der Waals surface area contributed by atoms with Crippen LogP contribution in [0.4, 0.5) is 4.39 Å². The highest BCUT2D eigenvalue weighted by atomic mass is 32.2. The summed E-state index contributed by atoms with van der Waals surface area (Å²) in [6.07, 6.45) is 2.34. The van der Waals surface area contributed by atoms with E-state index in [2.05, 4.69) is 9.71 Å². The zero-order valence-electron chi connectivity index (χ0n) is 14.0. The predicted molar refractivity (Wildman–Crippen MR) is 98.3 cm³/mol. The van der Waals surface area contributed by atoms with E-state index in [0.717, 1.165) is 10.4 Å². The number of halogens is 1. The van der Waals surface area contributed by atoms with Crippen molar-refractivity contribution in [3.05, 3.63) is 76.0 Å². The van der Waals surface area contributed by atoms with Crippen LogP contribution in [0.25, 0.3) is 0 Å². The first kappa shape index (κ1) is 18.5. The maximum atomic E-state index is 12.9. The molecule has 0 aliphatic rings. The highest BCUT2D eigenvalue weighted by molar-refractivity contribution is 7.89. The monoisotopic (exact) mass is 392 g/mol. The number of nitrogens with one attached hydrogen (secondary N) is 1. The quantitative estimate of drug-likeness (QED) is 0.669. The van der Waals surface area contributed by atoms with Gasteiger partial charge in [0.1, 0.15) is 16.6 Å². The third-order valence-corrected chi connectivity index (χ3v) is 6.09. The molecule has 0 amide bonds. The molecule has 1 heterocycles. The van der Waals surface area contributed by atoms with Crippen LogP contribution in [0.2, 0.25) is 0 Å². The second-order valence-electron chi connectivity index (χ2n) is 5.52. The van der Waals surface area contributed by atoms with Crippen LogP contribution in [0, 0.1) is 5.82 Å². The van der Waals surface area contributed by atoms with Crippen LogP contribution >= 0.6 is 11.3 Å². The molecule has 0 saturated carbocycles. The van der Waals surface area contributed by atoms with Crippen molar-refractivity contribution < 1.29 is 17.5 Å². The standard InChI is InChI=1S/C18H17FN2O3S2/c1-24-15-6-8-17(9-7-15)26(22,23)21-12-18-20-11-16(25-18)10-13-2-4-14(19)5-3-13/h2-9,11,21H,10,12H2,1H3.